The van der Waals surface area contributed by atoms with Gasteiger partial charge in [0.05, 0.1) is 0 Å². The smallest absolute Gasteiger partial charge is 0.246 e. The van der Waals surface area contributed by atoms with Crippen LogP contribution in [0, 0.1) is 5.92 Å². The van der Waals surface area contributed by atoms with E-state index in [4.69, 9.17) is 0 Å². The highest BCUT2D eigenvalue weighted by molar-refractivity contribution is 6.04. The Kier molecular flexibility index (Phi) is 4.14. The molecule has 1 aliphatic heterocycles. The van der Waals surface area contributed by atoms with Crippen LogP contribution in [0.15, 0.2) is 35.3 Å². The molecule has 0 saturated heterocycles. The average molecular weight is 270 g/mol. The molecule has 1 amide bonds. The van der Waals surface area contributed by atoms with E-state index in [-0.39, 0.29) is 5.91 Å². The summed E-state index contributed by atoms with van der Waals surface area (Å²) in [6, 6.07) is 10.7. The van der Waals surface area contributed by atoms with Crippen LogP contribution in [-0.4, -0.2) is 18.3 Å². The molecule has 0 radical (unpaired) electrons. The number of carbonyl (C=O) groups excluding carboxylic acids is 1. The minimum absolute atomic E-state index is 0.0375. The number of rotatable bonds is 4. The van der Waals surface area contributed by atoms with Gasteiger partial charge in [-0.15, -0.1) is 0 Å². The molecule has 0 aromatic heterocycles. The molecule has 20 heavy (non-hydrogen) atoms. The van der Waals surface area contributed by atoms with Crippen LogP contribution >= 0.6 is 0 Å². The molecule has 1 aliphatic carbocycles. The summed E-state index contributed by atoms with van der Waals surface area (Å²) in [5, 5.41) is 2.90. The van der Waals surface area contributed by atoms with Gasteiger partial charge in [0.15, 0.2) is 0 Å². The minimum Gasteiger partial charge on any atom is -0.313 e. The zero-order valence-corrected chi connectivity index (χ0v) is 11.8. The fourth-order valence-electron chi connectivity index (χ4n) is 3.52. The van der Waals surface area contributed by atoms with Crippen LogP contribution in [0.4, 0.5) is 0 Å². The van der Waals surface area contributed by atoms with Gasteiger partial charge >= 0.3 is 0 Å². The molecule has 1 aromatic rings. The number of hydrogen-bond acceptors (Lipinski definition) is 2. The van der Waals surface area contributed by atoms with Crippen molar-refractivity contribution in [3.8, 4) is 0 Å². The van der Waals surface area contributed by atoms with Crippen LogP contribution in [-0.2, 0) is 4.79 Å². The van der Waals surface area contributed by atoms with E-state index < -0.39 is 0 Å². The second-order valence-electron chi connectivity index (χ2n) is 5.93. The molecule has 1 atom stereocenters. The fourth-order valence-corrected chi connectivity index (χ4v) is 3.52. The number of amides is 1. The zero-order chi connectivity index (χ0) is 13.8. The molecule has 1 fully saturated rings. The zero-order valence-electron chi connectivity index (χ0n) is 11.8. The summed E-state index contributed by atoms with van der Waals surface area (Å²) in [4.78, 5) is 15.7. The molecule has 1 saturated carbocycles. The van der Waals surface area contributed by atoms with Gasteiger partial charge in [0.2, 0.25) is 5.91 Å². The van der Waals surface area contributed by atoms with E-state index in [1.807, 2.05) is 0 Å². The molecular weight excluding hydrogens is 248 g/mol. The second-order valence-corrected chi connectivity index (χ2v) is 5.93. The Morgan fingerprint density at radius 3 is 2.55 bits per heavy atom. The van der Waals surface area contributed by atoms with E-state index in [1.165, 1.54) is 37.7 Å². The highest BCUT2D eigenvalue weighted by atomic mass is 16.2. The molecule has 3 heteroatoms. The molecule has 1 N–H and O–H groups in total. The molecule has 1 unspecified atom stereocenters. The summed E-state index contributed by atoms with van der Waals surface area (Å²) in [6.45, 7) is 0.307. The second kappa shape index (κ2) is 6.21. The van der Waals surface area contributed by atoms with E-state index in [0.717, 1.165) is 18.2 Å². The van der Waals surface area contributed by atoms with Gasteiger partial charge in [-0.05, 0) is 30.2 Å². The quantitative estimate of drug-likeness (QED) is 0.896. The monoisotopic (exact) mass is 270 g/mol. The first-order valence-electron chi connectivity index (χ1n) is 7.71. The topological polar surface area (TPSA) is 41.5 Å². The fraction of sp³-hybridized carbons (Fsp3) is 0.529. The third kappa shape index (κ3) is 3.09. The van der Waals surface area contributed by atoms with E-state index in [9.17, 15) is 4.79 Å². The van der Waals surface area contributed by atoms with E-state index >= 15 is 0 Å². The van der Waals surface area contributed by atoms with E-state index in [1.54, 1.807) is 0 Å². The maximum atomic E-state index is 11.3. The van der Waals surface area contributed by atoms with Crippen LogP contribution in [0.2, 0.25) is 0 Å². The van der Waals surface area contributed by atoms with Crippen LogP contribution in [0.1, 0.15) is 50.0 Å². The van der Waals surface area contributed by atoms with E-state index in [2.05, 4.69) is 40.6 Å². The van der Waals surface area contributed by atoms with Gasteiger partial charge in [0, 0.05) is 6.42 Å². The van der Waals surface area contributed by atoms with E-state index in [0.29, 0.717) is 12.5 Å². The Labute approximate surface area is 120 Å². The van der Waals surface area contributed by atoms with Gasteiger partial charge in [-0.25, -0.2) is 0 Å². The first-order valence-corrected chi connectivity index (χ1v) is 7.71. The maximum Gasteiger partial charge on any atom is 0.246 e. The van der Waals surface area contributed by atoms with Gasteiger partial charge in [-0.2, -0.15) is 0 Å². The normalized spacial score (nSPS) is 21.4. The van der Waals surface area contributed by atoms with Crippen molar-refractivity contribution in [2.75, 3.05) is 6.54 Å². The largest absolute Gasteiger partial charge is 0.313 e. The SMILES string of the molecule is O=C1CN=C(CC(c2ccccc2)C2CCCCC2)N1. The summed E-state index contributed by atoms with van der Waals surface area (Å²) in [6.07, 6.45) is 7.54. The highest BCUT2D eigenvalue weighted by Gasteiger charge is 2.27. The molecule has 0 spiro atoms. The van der Waals surface area contributed by atoms with Crippen molar-refractivity contribution in [2.24, 2.45) is 10.9 Å². The Balaban J connectivity index is 1.77. The molecule has 1 aromatic carbocycles. The van der Waals surface area contributed by atoms with Crippen LogP contribution in [0.3, 0.4) is 0 Å². The Bertz CT molecular complexity index is 489. The predicted molar refractivity (Wildman–Crippen MR) is 80.8 cm³/mol. The van der Waals surface area contributed by atoms with Gasteiger partial charge in [-0.3, -0.25) is 9.79 Å². The Morgan fingerprint density at radius 2 is 1.90 bits per heavy atom. The molecule has 2 aliphatic rings. The average Bonchev–Trinajstić information content (AvgIpc) is 2.92. The summed E-state index contributed by atoms with van der Waals surface area (Å²) in [5.74, 6) is 2.14. The summed E-state index contributed by atoms with van der Waals surface area (Å²) >= 11 is 0. The van der Waals surface area contributed by atoms with Crippen LogP contribution in [0.5, 0.6) is 0 Å². The molecule has 3 nitrogen and oxygen atoms in total. The van der Waals surface area contributed by atoms with Crippen molar-refractivity contribution in [3.05, 3.63) is 35.9 Å². The number of benzene rings is 1. The number of hydrogen-bond donors (Lipinski definition) is 1. The lowest BCUT2D eigenvalue weighted by Crippen LogP contribution is -2.28. The number of amidine groups is 1. The maximum absolute atomic E-state index is 11.3. The van der Waals surface area contributed by atoms with Crippen LogP contribution in [0.25, 0.3) is 0 Å². The number of nitrogens with one attached hydrogen (secondary N) is 1. The molecule has 1 heterocycles. The van der Waals surface area contributed by atoms with Gasteiger partial charge in [0.1, 0.15) is 12.4 Å². The number of aliphatic imine (C=N–C) groups is 1. The summed E-state index contributed by atoms with van der Waals surface area (Å²) in [5.41, 5.74) is 1.39. The lowest BCUT2D eigenvalue weighted by Gasteiger charge is -2.30. The summed E-state index contributed by atoms with van der Waals surface area (Å²) < 4.78 is 0. The Morgan fingerprint density at radius 1 is 1.15 bits per heavy atom. The van der Waals surface area contributed by atoms with Gasteiger partial charge in [0.25, 0.3) is 0 Å². The van der Waals surface area contributed by atoms with Crippen LogP contribution < -0.4 is 5.32 Å². The third-order valence-electron chi connectivity index (χ3n) is 4.56. The predicted octanol–water partition coefficient (Wildman–Crippen LogP) is 3.27. The third-order valence-corrected chi connectivity index (χ3v) is 4.56. The van der Waals surface area contributed by atoms with Crippen molar-refractivity contribution in [1.82, 2.24) is 5.32 Å². The summed E-state index contributed by atoms with van der Waals surface area (Å²) in [7, 11) is 0. The van der Waals surface area contributed by atoms with Crippen molar-refractivity contribution in [3.63, 3.8) is 0 Å². The first kappa shape index (κ1) is 13.3. The standard InChI is InChI=1S/C17H22N2O/c20-17-12-18-16(19-17)11-15(13-7-3-1-4-8-13)14-9-5-2-6-10-14/h1,3-4,7-8,14-15H,2,5-6,9-12H2,(H,18,19,20). The lowest BCUT2D eigenvalue weighted by atomic mass is 9.75. The van der Waals surface area contributed by atoms with Crippen molar-refractivity contribution in [1.29, 1.82) is 0 Å². The molecule has 3 rings (SSSR count). The molecular formula is C17H22N2O. The Hall–Kier alpha value is -1.64. The van der Waals surface area contributed by atoms with Crippen molar-refractivity contribution in [2.45, 2.75) is 44.4 Å². The van der Waals surface area contributed by atoms with Gasteiger partial charge in [-0.1, -0.05) is 49.6 Å². The highest BCUT2D eigenvalue weighted by Crippen LogP contribution is 2.38. The number of carbonyl (C=O) groups is 1. The lowest BCUT2D eigenvalue weighted by molar-refractivity contribution is -0.117. The molecule has 106 valence electrons. The minimum atomic E-state index is 0.0375. The molecule has 0 bridgehead atoms. The van der Waals surface area contributed by atoms with Gasteiger partial charge < -0.3 is 5.32 Å². The number of nitrogens with zero attached hydrogens (tertiary/aromatic N) is 1. The van der Waals surface area contributed by atoms with Crippen molar-refractivity contribution < 1.29 is 4.79 Å². The first-order chi connectivity index (χ1) is 9.83. The van der Waals surface area contributed by atoms with Crippen molar-refractivity contribution >= 4 is 11.7 Å².